The molecule has 160 valence electrons. The Morgan fingerprint density at radius 1 is 1.21 bits per heavy atom. The first-order valence-corrected chi connectivity index (χ1v) is 10.6. The third kappa shape index (κ3) is 6.28. The van der Waals surface area contributed by atoms with Gasteiger partial charge >= 0.3 is 5.97 Å². The maximum atomic E-state index is 13.1. The number of nitrogens with zero attached hydrogens (tertiary/aromatic N) is 1. The van der Waals surface area contributed by atoms with Crippen LogP contribution in [-0.2, 0) is 19.2 Å². The highest BCUT2D eigenvalue weighted by atomic mass is 32.1. The van der Waals surface area contributed by atoms with E-state index >= 15 is 0 Å². The summed E-state index contributed by atoms with van der Waals surface area (Å²) in [5.41, 5.74) is 5.69. The molecule has 1 saturated heterocycles. The first-order valence-electron chi connectivity index (χ1n) is 9.29. The first-order chi connectivity index (χ1) is 13.2. The van der Waals surface area contributed by atoms with E-state index in [0.717, 1.165) is 0 Å². The summed E-state index contributed by atoms with van der Waals surface area (Å²) in [5, 5.41) is 14.2. The van der Waals surface area contributed by atoms with E-state index in [-0.39, 0.29) is 23.3 Å². The Balaban J connectivity index is 2.95. The van der Waals surface area contributed by atoms with Crippen LogP contribution in [0.3, 0.4) is 0 Å². The molecule has 1 fully saturated rings. The lowest BCUT2D eigenvalue weighted by molar-refractivity contribution is -0.145. The number of aliphatic carboxylic acids is 1. The van der Waals surface area contributed by atoms with Gasteiger partial charge in [-0.3, -0.25) is 14.4 Å². The van der Waals surface area contributed by atoms with Crippen molar-refractivity contribution in [2.75, 3.05) is 18.1 Å². The molecule has 0 aromatic rings. The van der Waals surface area contributed by atoms with E-state index < -0.39 is 42.0 Å². The van der Waals surface area contributed by atoms with Gasteiger partial charge in [-0.25, -0.2) is 4.79 Å². The van der Waals surface area contributed by atoms with E-state index in [9.17, 15) is 19.2 Å². The molecule has 5 N–H and O–H groups in total. The molecule has 5 atom stereocenters. The molecule has 11 heteroatoms. The van der Waals surface area contributed by atoms with Gasteiger partial charge in [0.15, 0.2) is 0 Å². The molecular formula is C17H30N4O5S2. The average Bonchev–Trinajstić information content (AvgIpc) is 3.17. The highest BCUT2D eigenvalue weighted by molar-refractivity contribution is 7.80. The Hall–Kier alpha value is -1.46. The van der Waals surface area contributed by atoms with E-state index in [1.165, 1.54) is 4.90 Å². The van der Waals surface area contributed by atoms with Gasteiger partial charge in [-0.1, -0.05) is 20.3 Å². The van der Waals surface area contributed by atoms with Crippen LogP contribution in [-0.4, -0.2) is 75.9 Å². The van der Waals surface area contributed by atoms with E-state index in [2.05, 4.69) is 35.9 Å². The Labute approximate surface area is 176 Å². The highest BCUT2D eigenvalue weighted by Crippen LogP contribution is 2.21. The fourth-order valence-corrected chi connectivity index (χ4v) is 3.37. The lowest BCUT2D eigenvalue weighted by Crippen LogP contribution is -2.58. The largest absolute Gasteiger partial charge is 0.480 e. The maximum absolute atomic E-state index is 13.1. The summed E-state index contributed by atoms with van der Waals surface area (Å²) in [6.07, 6.45) is 1.67. The fourth-order valence-electron chi connectivity index (χ4n) is 2.96. The predicted molar refractivity (Wildman–Crippen MR) is 111 cm³/mol. The van der Waals surface area contributed by atoms with Gasteiger partial charge in [-0.15, -0.1) is 0 Å². The smallest absolute Gasteiger partial charge is 0.327 e. The lowest BCUT2D eigenvalue weighted by atomic mass is 9.97. The van der Waals surface area contributed by atoms with Crippen molar-refractivity contribution in [1.29, 1.82) is 0 Å². The van der Waals surface area contributed by atoms with Crippen LogP contribution < -0.4 is 16.4 Å². The van der Waals surface area contributed by atoms with Crippen LogP contribution in [0.25, 0.3) is 0 Å². The van der Waals surface area contributed by atoms with Crippen LogP contribution in [0.4, 0.5) is 0 Å². The number of thiol groups is 2. The molecule has 28 heavy (non-hydrogen) atoms. The monoisotopic (exact) mass is 434 g/mol. The summed E-state index contributed by atoms with van der Waals surface area (Å²) < 4.78 is 0. The third-order valence-corrected chi connectivity index (χ3v) is 5.70. The molecule has 3 amide bonds. The normalized spacial score (nSPS) is 20.8. The minimum atomic E-state index is -1.19. The van der Waals surface area contributed by atoms with E-state index in [0.29, 0.717) is 25.8 Å². The third-order valence-electron chi connectivity index (χ3n) is 4.95. The number of amides is 3. The fraction of sp³-hybridized carbons (Fsp3) is 0.765. The minimum absolute atomic E-state index is 0.0606. The van der Waals surface area contributed by atoms with Crippen molar-refractivity contribution in [2.45, 2.75) is 57.3 Å². The minimum Gasteiger partial charge on any atom is -0.480 e. The molecule has 0 radical (unpaired) electrons. The number of nitrogens with two attached hydrogens (primary N) is 1. The zero-order valence-electron chi connectivity index (χ0n) is 16.1. The summed E-state index contributed by atoms with van der Waals surface area (Å²) >= 11 is 7.93. The Kier molecular flexibility index (Phi) is 10.1. The lowest BCUT2D eigenvalue weighted by Gasteiger charge is -2.32. The second-order valence-electron chi connectivity index (χ2n) is 6.93. The van der Waals surface area contributed by atoms with Gasteiger partial charge in [-0.2, -0.15) is 25.3 Å². The number of nitrogens with one attached hydrogen (secondary N) is 2. The molecule has 1 rings (SSSR count). The van der Waals surface area contributed by atoms with Crippen LogP contribution in [0.1, 0.15) is 33.1 Å². The Bertz CT molecular complexity index is 592. The van der Waals surface area contributed by atoms with Crippen molar-refractivity contribution < 1.29 is 24.3 Å². The van der Waals surface area contributed by atoms with Gasteiger partial charge < -0.3 is 26.4 Å². The maximum Gasteiger partial charge on any atom is 0.327 e. The van der Waals surface area contributed by atoms with Gasteiger partial charge in [0.25, 0.3) is 0 Å². The van der Waals surface area contributed by atoms with Gasteiger partial charge in [-0.05, 0) is 18.8 Å². The second kappa shape index (κ2) is 11.5. The zero-order chi connectivity index (χ0) is 21.4. The Morgan fingerprint density at radius 3 is 2.36 bits per heavy atom. The number of hydrogen-bond donors (Lipinski definition) is 6. The van der Waals surface area contributed by atoms with E-state index in [1.807, 2.05) is 13.8 Å². The first kappa shape index (κ1) is 24.6. The molecule has 0 bridgehead atoms. The zero-order valence-corrected chi connectivity index (χ0v) is 17.9. The van der Waals surface area contributed by atoms with Crippen LogP contribution in [0.15, 0.2) is 0 Å². The van der Waals surface area contributed by atoms with Gasteiger partial charge in [0.2, 0.25) is 17.7 Å². The summed E-state index contributed by atoms with van der Waals surface area (Å²) in [6, 6.07) is -3.58. The van der Waals surface area contributed by atoms with Crippen LogP contribution in [0, 0.1) is 5.92 Å². The Morgan fingerprint density at radius 2 is 1.86 bits per heavy atom. The van der Waals surface area contributed by atoms with Gasteiger partial charge in [0, 0.05) is 18.1 Å². The van der Waals surface area contributed by atoms with Gasteiger partial charge in [0.1, 0.15) is 18.1 Å². The van der Waals surface area contributed by atoms with Crippen molar-refractivity contribution in [3.63, 3.8) is 0 Å². The summed E-state index contributed by atoms with van der Waals surface area (Å²) in [7, 11) is 0. The second-order valence-corrected chi connectivity index (χ2v) is 7.66. The standard InChI is InChI=1S/C17H30N4O5S2/c1-3-9(2)13(20-14(22)10(18)7-27)16(24)21-6-4-5-12(21)15(23)19-11(8-28)17(25)26/h9-13,27-28H,3-8,18H2,1-2H3,(H,19,23)(H,20,22)(H,25,26). The van der Waals surface area contributed by atoms with Crippen LogP contribution in [0.5, 0.6) is 0 Å². The van der Waals surface area contributed by atoms with Crippen molar-refractivity contribution in [1.82, 2.24) is 15.5 Å². The SMILES string of the molecule is CCC(C)C(NC(=O)C(N)CS)C(=O)N1CCCC1C(=O)NC(CS)C(=O)O. The van der Waals surface area contributed by atoms with Crippen LogP contribution in [0.2, 0.25) is 0 Å². The molecule has 0 spiro atoms. The number of carboxylic acids is 1. The van der Waals surface area contributed by atoms with Gasteiger partial charge in [0.05, 0.1) is 6.04 Å². The summed E-state index contributed by atoms with van der Waals surface area (Å²) in [6.45, 7) is 4.09. The van der Waals surface area contributed by atoms with Crippen molar-refractivity contribution in [3.8, 4) is 0 Å². The number of carbonyl (C=O) groups is 4. The molecule has 1 heterocycles. The number of carbonyl (C=O) groups excluding carboxylic acids is 3. The number of hydrogen-bond acceptors (Lipinski definition) is 7. The van der Waals surface area contributed by atoms with Crippen molar-refractivity contribution in [2.24, 2.45) is 11.7 Å². The van der Waals surface area contributed by atoms with Crippen molar-refractivity contribution in [3.05, 3.63) is 0 Å². The predicted octanol–water partition coefficient (Wildman–Crippen LogP) is -0.735. The number of carboxylic acid groups (broad SMARTS) is 1. The molecular weight excluding hydrogens is 404 g/mol. The highest BCUT2D eigenvalue weighted by Gasteiger charge is 2.40. The quantitative estimate of drug-likeness (QED) is 0.250. The van der Waals surface area contributed by atoms with E-state index in [1.54, 1.807) is 0 Å². The van der Waals surface area contributed by atoms with E-state index in [4.69, 9.17) is 10.8 Å². The topological polar surface area (TPSA) is 142 Å². The molecule has 1 aliphatic heterocycles. The average molecular weight is 435 g/mol. The molecule has 1 aliphatic rings. The summed E-state index contributed by atoms with van der Waals surface area (Å²) in [4.78, 5) is 50.4. The molecule has 5 unspecified atom stereocenters. The number of likely N-dealkylation sites (tertiary alicyclic amines) is 1. The molecule has 9 nitrogen and oxygen atoms in total. The van der Waals surface area contributed by atoms with Crippen molar-refractivity contribution >= 4 is 48.9 Å². The molecule has 0 aromatic carbocycles. The summed E-state index contributed by atoms with van der Waals surface area (Å²) in [5.74, 6) is -2.66. The van der Waals surface area contributed by atoms with Crippen LogP contribution >= 0.6 is 25.3 Å². The molecule has 0 saturated carbocycles. The molecule has 0 aromatic heterocycles. The number of rotatable bonds is 10. The molecule has 0 aliphatic carbocycles.